The Balaban J connectivity index is -0.00000000762. The first kappa shape index (κ1) is 44.5. The second-order valence-electron chi connectivity index (χ2n) is 0. The van der Waals surface area contributed by atoms with Crippen molar-refractivity contribution in [3.05, 3.63) is 52.6 Å². The fourth-order valence-electron chi connectivity index (χ4n) is 0. The lowest BCUT2D eigenvalue weighted by atomic mass is 11.3. The Morgan fingerprint density at radius 1 is 0.333 bits per heavy atom. The van der Waals surface area contributed by atoms with Crippen molar-refractivity contribution in [1.29, 1.82) is 0 Å². The molecule has 0 rings (SSSR count). The Labute approximate surface area is 59.0 Å². The van der Waals surface area contributed by atoms with Gasteiger partial charge < -0.3 is 5.48 Å². The molecule has 0 fully saturated rings. The van der Waals surface area contributed by atoms with Gasteiger partial charge in [-0.25, -0.2) is 0 Å². The topological polar surface area (TPSA) is 31.5 Å². The van der Waals surface area contributed by atoms with E-state index in [2.05, 4.69) is 52.6 Å². The number of rotatable bonds is 0. The molecule has 0 aliphatic carbocycles. The Hall–Kier alpha value is -1.08. The van der Waals surface area contributed by atoms with Crippen LogP contribution in [-0.4, -0.2) is 5.48 Å². The van der Waals surface area contributed by atoms with Crippen molar-refractivity contribution in [2.24, 2.45) is 0 Å². The third-order valence-corrected chi connectivity index (χ3v) is 0. The second kappa shape index (κ2) is 208. The Morgan fingerprint density at radius 3 is 0.333 bits per heavy atom. The molecule has 0 bridgehead atoms. The van der Waals surface area contributed by atoms with Crippen molar-refractivity contribution in [1.82, 2.24) is 0 Å². The minimum Gasteiger partial charge on any atom is -0.412 e. The first-order valence-corrected chi connectivity index (χ1v) is 2.00. The molecule has 0 heterocycles. The van der Waals surface area contributed by atoms with E-state index in [1.807, 2.05) is 0 Å². The largest absolute Gasteiger partial charge is 0.412 e. The van der Waals surface area contributed by atoms with Crippen molar-refractivity contribution in [3.8, 4) is 0 Å². The first-order chi connectivity index (χ1) is 4.00. The highest BCUT2D eigenvalue weighted by atomic mass is 16.0. The van der Waals surface area contributed by atoms with E-state index in [9.17, 15) is 0 Å². The third kappa shape index (κ3) is 144. The minimum absolute atomic E-state index is 0. The van der Waals surface area contributed by atoms with Crippen LogP contribution in [0.3, 0.4) is 0 Å². The van der Waals surface area contributed by atoms with Gasteiger partial charge in [0.15, 0.2) is 0 Å². The van der Waals surface area contributed by atoms with Gasteiger partial charge in [0.25, 0.3) is 0 Å². The molecule has 0 aliphatic heterocycles. The van der Waals surface area contributed by atoms with Gasteiger partial charge in [-0.2, -0.15) is 0 Å². The van der Waals surface area contributed by atoms with Gasteiger partial charge in [0.1, 0.15) is 0 Å². The monoisotopic (exact) mass is 130 g/mol. The molecular weight excluding hydrogens is 112 g/mol. The minimum atomic E-state index is 0. The predicted octanol–water partition coefficient (Wildman–Crippen LogP) is 2.38. The van der Waals surface area contributed by atoms with Gasteiger partial charge in [0, 0.05) is 0 Å². The second-order valence-corrected chi connectivity index (χ2v) is 0. The lowest BCUT2D eigenvalue weighted by Crippen LogP contribution is -0.552. The third-order valence-electron chi connectivity index (χ3n) is 0. The zero-order chi connectivity index (χ0) is 8.00. The molecule has 0 aromatic heterocycles. The molecule has 1 nitrogen and oxygen atoms in total. The predicted molar refractivity (Wildman–Crippen MR) is 48.6 cm³/mol. The summed E-state index contributed by atoms with van der Waals surface area (Å²) in [6.07, 6.45) is 0. The van der Waals surface area contributed by atoms with Gasteiger partial charge >= 0.3 is 0 Å². The maximum Gasteiger partial charge on any atom is -0.106 e. The van der Waals surface area contributed by atoms with Crippen LogP contribution in [0.5, 0.6) is 0 Å². The van der Waals surface area contributed by atoms with Gasteiger partial charge in [-0.05, 0) is 0 Å². The van der Waals surface area contributed by atoms with E-state index >= 15 is 0 Å². The molecule has 9 heavy (non-hydrogen) atoms. The maximum atomic E-state index is 3.00. The summed E-state index contributed by atoms with van der Waals surface area (Å²) in [5, 5.41) is 0. The summed E-state index contributed by atoms with van der Waals surface area (Å²) in [6.45, 7) is 24.0. The zero-order valence-corrected chi connectivity index (χ0v) is 6.16. The Kier molecular flexibility index (Phi) is 1030. The average Bonchev–Trinajstić information content (AvgIpc) is 2.03. The summed E-state index contributed by atoms with van der Waals surface area (Å²) < 4.78 is 0. The Morgan fingerprint density at radius 2 is 0.333 bits per heavy atom. The SMILES string of the molecule is C=C.C=C.C=C.C=C.O. The number of hydrogen-bond acceptors (Lipinski definition) is 0. The average molecular weight is 130 g/mol. The fourth-order valence-corrected chi connectivity index (χ4v) is 0. The van der Waals surface area contributed by atoms with Gasteiger partial charge in [-0.3, -0.25) is 0 Å². The molecule has 56 valence electrons. The molecule has 1 heteroatoms. The van der Waals surface area contributed by atoms with E-state index in [4.69, 9.17) is 0 Å². The van der Waals surface area contributed by atoms with E-state index in [0.717, 1.165) is 0 Å². The maximum absolute atomic E-state index is 3.00. The molecular formula is C8H18O. The van der Waals surface area contributed by atoms with Crippen LogP contribution in [0.1, 0.15) is 0 Å². The van der Waals surface area contributed by atoms with Crippen LogP contribution in [0, 0.1) is 0 Å². The molecule has 2 N–H and O–H groups in total. The molecule has 0 radical (unpaired) electrons. The van der Waals surface area contributed by atoms with Crippen LogP contribution in [0.25, 0.3) is 0 Å². The summed E-state index contributed by atoms with van der Waals surface area (Å²) in [7, 11) is 0. The van der Waals surface area contributed by atoms with Gasteiger partial charge in [0.05, 0.1) is 0 Å². The lowest BCUT2D eigenvalue weighted by molar-refractivity contribution is 0.824. The van der Waals surface area contributed by atoms with Gasteiger partial charge in [0.2, 0.25) is 0 Å². The van der Waals surface area contributed by atoms with Crippen LogP contribution < -0.4 is 0 Å². The summed E-state index contributed by atoms with van der Waals surface area (Å²) in [6, 6.07) is 0. The molecule has 0 saturated carbocycles. The molecule has 0 aliphatic rings. The molecule has 0 saturated heterocycles. The standard InChI is InChI=1S/4C2H4.H2O/c4*1-2;/h4*1-2H2;1H2. The summed E-state index contributed by atoms with van der Waals surface area (Å²) in [5.74, 6) is 0. The molecule has 0 unspecified atom stereocenters. The number of hydrogen-bond donors (Lipinski definition) is 0. The summed E-state index contributed by atoms with van der Waals surface area (Å²) >= 11 is 0. The van der Waals surface area contributed by atoms with E-state index in [0.29, 0.717) is 0 Å². The van der Waals surface area contributed by atoms with Crippen molar-refractivity contribution in [2.75, 3.05) is 0 Å². The Bertz CT molecular complexity index is 12.5. The highest BCUT2D eigenvalue weighted by Gasteiger charge is 0.607. The first-order valence-electron chi connectivity index (χ1n) is 2.00. The lowest BCUT2D eigenvalue weighted by Gasteiger charge is -0.813. The van der Waals surface area contributed by atoms with Crippen LogP contribution in [-0.2, 0) is 0 Å². The highest BCUT2D eigenvalue weighted by molar-refractivity contribution is 4.23. The van der Waals surface area contributed by atoms with Crippen LogP contribution >= 0.6 is 0 Å². The summed E-state index contributed by atoms with van der Waals surface area (Å²) in [4.78, 5) is 0. The van der Waals surface area contributed by atoms with Crippen molar-refractivity contribution in [2.45, 2.75) is 0 Å². The van der Waals surface area contributed by atoms with E-state index in [1.54, 1.807) is 0 Å². The van der Waals surface area contributed by atoms with Crippen molar-refractivity contribution < 1.29 is 5.48 Å². The smallest absolute Gasteiger partial charge is 0.106 e. The normalized spacial score (nSPS) is 1.78. The zero-order valence-electron chi connectivity index (χ0n) is 6.16. The van der Waals surface area contributed by atoms with Crippen LogP contribution in [0.2, 0.25) is 0 Å². The molecule has 0 aromatic rings. The van der Waals surface area contributed by atoms with Crippen molar-refractivity contribution >= 4 is 0 Å². The molecule has 0 spiro atoms. The van der Waals surface area contributed by atoms with Gasteiger partial charge in [-0.1, -0.05) is 0 Å². The fraction of sp³-hybridized carbons (Fsp3) is 0. The highest BCUT2D eigenvalue weighted by Crippen LogP contribution is 0.868. The molecule has 0 amide bonds. The molecule has 0 atom stereocenters. The van der Waals surface area contributed by atoms with E-state index in [-0.39, 0.29) is 5.48 Å². The summed E-state index contributed by atoms with van der Waals surface area (Å²) in [5.41, 5.74) is 0. The quantitative estimate of drug-likeness (QED) is 0.451. The van der Waals surface area contributed by atoms with Crippen LogP contribution in [0.4, 0.5) is 0 Å². The van der Waals surface area contributed by atoms with Crippen LogP contribution in [0.15, 0.2) is 52.6 Å². The molecule has 0 aromatic carbocycles. The van der Waals surface area contributed by atoms with Crippen molar-refractivity contribution in [3.63, 3.8) is 0 Å². The van der Waals surface area contributed by atoms with E-state index in [1.165, 1.54) is 0 Å². The van der Waals surface area contributed by atoms with Gasteiger partial charge in [-0.15, -0.1) is 52.6 Å². The van der Waals surface area contributed by atoms with E-state index < -0.39 is 0 Å².